The molecule has 2 atom stereocenters. The van der Waals surface area contributed by atoms with Gasteiger partial charge in [-0.15, -0.1) is 0 Å². The van der Waals surface area contributed by atoms with E-state index >= 15 is 0 Å². The second-order valence-corrected chi connectivity index (χ2v) is 6.51. The lowest BCUT2D eigenvalue weighted by Gasteiger charge is -2.27. The molecule has 1 unspecified atom stereocenters. The minimum absolute atomic E-state index is 0.000307. The second-order valence-electron chi connectivity index (χ2n) is 6.51. The van der Waals surface area contributed by atoms with E-state index in [2.05, 4.69) is 35.7 Å². The van der Waals surface area contributed by atoms with Crippen LogP contribution >= 0.6 is 0 Å². The fourth-order valence-corrected chi connectivity index (χ4v) is 3.24. The van der Waals surface area contributed by atoms with Crippen LogP contribution in [-0.2, 0) is 17.8 Å². The van der Waals surface area contributed by atoms with Gasteiger partial charge in [0.05, 0.1) is 12.6 Å². The first-order valence-corrected chi connectivity index (χ1v) is 7.73. The van der Waals surface area contributed by atoms with Gasteiger partial charge in [0.25, 0.3) is 5.91 Å². The summed E-state index contributed by atoms with van der Waals surface area (Å²) in [5.74, 6) is 0.337. The summed E-state index contributed by atoms with van der Waals surface area (Å²) >= 11 is 0. The van der Waals surface area contributed by atoms with Crippen LogP contribution in [0, 0.1) is 17.2 Å². The zero-order valence-corrected chi connectivity index (χ0v) is 12.5. The summed E-state index contributed by atoms with van der Waals surface area (Å²) in [6.07, 6.45) is 3.12. The highest BCUT2D eigenvalue weighted by molar-refractivity contribution is 5.78. The molecule has 21 heavy (non-hydrogen) atoms. The molecule has 0 saturated heterocycles. The number of benzene rings is 1. The fraction of sp³-hybridized carbons (Fsp3) is 0.529. The molecular formula is C17H22N3O+. The molecule has 2 N–H and O–H groups in total. The first-order chi connectivity index (χ1) is 10.1. The number of fused-ring (bicyclic) bond motifs is 1. The summed E-state index contributed by atoms with van der Waals surface area (Å²) in [4.78, 5) is 13.5. The Morgan fingerprint density at radius 2 is 2.14 bits per heavy atom. The lowest BCUT2D eigenvalue weighted by molar-refractivity contribution is -0.908. The van der Waals surface area contributed by atoms with Crippen molar-refractivity contribution in [1.29, 1.82) is 5.26 Å². The molecule has 0 radical (unpaired) electrons. The van der Waals surface area contributed by atoms with Gasteiger partial charge >= 0.3 is 0 Å². The van der Waals surface area contributed by atoms with Crippen LogP contribution < -0.4 is 10.2 Å². The molecule has 1 heterocycles. The van der Waals surface area contributed by atoms with Crippen LogP contribution in [0.2, 0.25) is 0 Å². The van der Waals surface area contributed by atoms with Gasteiger partial charge in [-0.05, 0) is 31.2 Å². The smallest absolute Gasteiger partial charge is 0.276 e. The SMILES string of the molecule is C[C@@](C#N)(NC(=O)C[NH+]1CCc2ccccc2C1)C1CC1. The van der Waals surface area contributed by atoms with Crippen LogP contribution in [0.5, 0.6) is 0 Å². The largest absolute Gasteiger partial charge is 0.333 e. The summed E-state index contributed by atoms with van der Waals surface area (Å²) < 4.78 is 0. The van der Waals surface area contributed by atoms with Crippen molar-refractivity contribution in [3.05, 3.63) is 35.4 Å². The minimum Gasteiger partial charge on any atom is -0.333 e. The molecule has 1 amide bonds. The van der Waals surface area contributed by atoms with Crippen LogP contribution in [0.1, 0.15) is 30.9 Å². The fourth-order valence-electron chi connectivity index (χ4n) is 3.24. The van der Waals surface area contributed by atoms with Crippen LogP contribution in [0.4, 0.5) is 0 Å². The third kappa shape index (κ3) is 3.08. The van der Waals surface area contributed by atoms with Crippen molar-refractivity contribution < 1.29 is 9.69 Å². The van der Waals surface area contributed by atoms with Crippen LogP contribution in [-0.4, -0.2) is 24.5 Å². The zero-order chi connectivity index (χ0) is 14.9. The number of hydrogen-bond acceptors (Lipinski definition) is 2. The third-order valence-electron chi connectivity index (χ3n) is 4.74. The Morgan fingerprint density at radius 1 is 1.43 bits per heavy atom. The molecule has 0 bridgehead atoms. The number of nitrogens with one attached hydrogen (secondary N) is 2. The Morgan fingerprint density at radius 3 is 2.81 bits per heavy atom. The van der Waals surface area contributed by atoms with E-state index in [-0.39, 0.29) is 5.91 Å². The van der Waals surface area contributed by atoms with Gasteiger partial charge in [-0.1, -0.05) is 24.3 Å². The minimum atomic E-state index is -0.676. The molecule has 1 fully saturated rings. The number of rotatable bonds is 4. The Bertz CT molecular complexity index is 588. The van der Waals surface area contributed by atoms with Crippen LogP contribution in [0.3, 0.4) is 0 Å². The lowest BCUT2D eigenvalue weighted by Crippen LogP contribution is -3.13. The van der Waals surface area contributed by atoms with Crippen molar-refractivity contribution in [1.82, 2.24) is 5.32 Å². The third-order valence-corrected chi connectivity index (χ3v) is 4.74. The maximum absolute atomic E-state index is 12.2. The first-order valence-electron chi connectivity index (χ1n) is 7.73. The number of carbonyl (C=O) groups excluding carboxylic acids is 1. The van der Waals surface area contributed by atoms with E-state index in [4.69, 9.17) is 0 Å². The summed E-state index contributed by atoms with van der Waals surface area (Å²) in [6, 6.07) is 10.7. The molecule has 1 aromatic rings. The normalized spacial score (nSPS) is 23.5. The number of hydrogen-bond donors (Lipinski definition) is 2. The van der Waals surface area contributed by atoms with Crippen molar-refractivity contribution in [2.75, 3.05) is 13.1 Å². The van der Waals surface area contributed by atoms with E-state index in [1.807, 2.05) is 6.92 Å². The molecule has 1 aliphatic heterocycles. The van der Waals surface area contributed by atoms with Crippen molar-refractivity contribution in [2.24, 2.45) is 5.92 Å². The van der Waals surface area contributed by atoms with Gasteiger partial charge in [-0.25, -0.2) is 0 Å². The second kappa shape index (κ2) is 5.50. The maximum Gasteiger partial charge on any atom is 0.276 e. The monoisotopic (exact) mass is 284 g/mol. The molecule has 1 aromatic carbocycles. The Balaban J connectivity index is 1.58. The van der Waals surface area contributed by atoms with Gasteiger partial charge in [0.1, 0.15) is 12.1 Å². The molecule has 2 aliphatic rings. The van der Waals surface area contributed by atoms with E-state index in [0.29, 0.717) is 12.5 Å². The van der Waals surface area contributed by atoms with Crippen LogP contribution in [0.15, 0.2) is 24.3 Å². The lowest BCUT2D eigenvalue weighted by atomic mass is 9.97. The first kappa shape index (κ1) is 14.1. The molecule has 0 spiro atoms. The average Bonchev–Trinajstić information content (AvgIpc) is 3.32. The Kier molecular flexibility index (Phi) is 3.69. The van der Waals surface area contributed by atoms with E-state index in [1.165, 1.54) is 16.0 Å². The molecule has 0 aromatic heterocycles. The maximum atomic E-state index is 12.2. The van der Waals surface area contributed by atoms with Crippen LogP contribution in [0.25, 0.3) is 0 Å². The average molecular weight is 284 g/mol. The summed E-state index contributed by atoms with van der Waals surface area (Å²) in [7, 11) is 0. The van der Waals surface area contributed by atoms with E-state index in [9.17, 15) is 10.1 Å². The molecule has 110 valence electrons. The highest BCUT2D eigenvalue weighted by atomic mass is 16.2. The molecule has 1 saturated carbocycles. The summed E-state index contributed by atoms with van der Waals surface area (Å²) in [5, 5.41) is 12.3. The van der Waals surface area contributed by atoms with Crippen molar-refractivity contribution in [2.45, 2.75) is 38.3 Å². The number of nitriles is 1. The molecule has 3 rings (SSSR count). The van der Waals surface area contributed by atoms with Gasteiger partial charge in [-0.3, -0.25) is 4.79 Å². The molecular weight excluding hydrogens is 262 g/mol. The van der Waals surface area contributed by atoms with Crippen molar-refractivity contribution >= 4 is 5.91 Å². The Hall–Kier alpha value is -1.86. The predicted octanol–water partition coefficient (Wildman–Crippen LogP) is 0.436. The van der Waals surface area contributed by atoms with Gasteiger partial charge in [0, 0.05) is 12.0 Å². The van der Waals surface area contributed by atoms with Gasteiger partial charge in [0.2, 0.25) is 0 Å². The Labute approximate surface area is 125 Å². The van der Waals surface area contributed by atoms with Gasteiger partial charge in [-0.2, -0.15) is 5.26 Å². The van der Waals surface area contributed by atoms with Crippen molar-refractivity contribution in [3.63, 3.8) is 0 Å². The highest BCUT2D eigenvalue weighted by Crippen LogP contribution is 2.39. The number of amides is 1. The topological polar surface area (TPSA) is 57.3 Å². The molecule has 1 aliphatic carbocycles. The molecule has 4 nitrogen and oxygen atoms in total. The summed E-state index contributed by atoms with van der Waals surface area (Å²) in [5.41, 5.74) is 2.07. The number of nitrogens with zero attached hydrogens (tertiary/aromatic N) is 1. The predicted molar refractivity (Wildman–Crippen MR) is 79.4 cm³/mol. The standard InChI is InChI=1S/C17H21N3O/c1-17(12-18,15-6-7-15)19-16(21)11-20-9-8-13-4-2-3-5-14(13)10-20/h2-5,15H,6-11H2,1H3,(H,19,21)/p+1/t17-/m0/s1. The highest BCUT2D eigenvalue weighted by Gasteiger charge is 2.43. The van der Waals surface area contributed by atoms with Crippen molar-refractivity contribution in [3.8, 4) is 6.07 Å². The van der Waals surface area contributed by atoms with Gasteiger partial charge < -0.3 is 10.2 Å². The van der Waals surface area contributed by atoms with E-state index < -0.39 is 5.54 Å². The summed E-state index contributed by atoms with van der Waals surface area (Å²) in [6.45, 7) is 4.19. The number of carbonyl (C=O) groups is 1. The van der Waals surface area contributed by atoms with Gasteiger partial charge in [0.15, 0.2) is 6.54 Å². The zero-order valence-electron chi connectivity index (χ0n) is 12.5. The quantitative estimate of drug-likeness (QED) is 0.843. The molecule has 4 heteroatoms. The van der Waals surface area contributed by atoms with E-state index in [0.717, 1.165) is 32.4 Å². The number of quaternary nitrogens is 1. The van der Waals surface area contributed by atoms with E-state index in [1.54, 1.807) is 0 Å².